The van der Waals surface area contributed by atoms with E-state index in [2.05, 4.69) is 15.6 Å². The summed E-state index contributed by atoms with van der Waals surface area (Å²) in [5, 5.41) is 6.20. The molecule has 2 amide bonds. The first-order chi connectivity index (χ1) is 17.4. The number of aromatic nitrogens is 1. The van der Waals surface area contributed by atoms with Gasteiger partial charge in [-0.25, -0.2) is 13.8 Å². The number of rotatable bonds is 5. The molecule has 2 aliphatic heterocycles. The van der Waals surface area contributed by atoms with Crippen molar-refractivity contribution in [1.29, 1.82) is 0 Å². The predicted octanol–water partition coefficient (Wildman–Crippen LogP) is 4.19. The van der Waals surface area contributed by atoms with Crippen LogP contribution in [0.4, 0.5) is 14.5 Å². The molecule has 3 heterocycles. The summed E-state index contributed by atoms with van der Waals surface area (Å²) in [4.78, 5) is 36.6. The monoisotopic (exact) mass is 511 g/mol. The summed E-state index contributed by atoms with van der Waals surface area (Å²) in [6.07, 6.45) is 4.55. The average Bonchev–Trinajstić information content (AvgIpc) is 3.56. The van der Waals surface area contributed by atoms with Gasteiger partial charge in [0.15, 0.2) is 11.6 Å². The highest BCUT2D eigenvalue weighted by atomic mass is 19.1. The largest absolute Gasteiger partial charge is 0.484 e. The first kappa shape index (κ1) is 25.1. The van der Waals surface area contributed by atoms with Crippen molar-refractivity contribution in [3.63, 3.8) is 0 Å². The Kier molecular flexibility index (Phi) is 6.16. The Morgan fingerprint density at radius 1 is 1.19 bits per heavy atom. The lowest BCUT2D eigenvalue weighted by Crippen LogP contribution is -2.50. The van der Waals surface area contributed by atoms with E-state index in [4.69, 9.17) is 9.73 Å². The molecule has 37 heavy (non-hydrogen) atoms. The van der Waals surface area contributed by atoms with Crippen LogP contribution in [0.2, 0.25) is 0 Å². The number of nitrogens with one attached hydrogen (secondary N) is 2. The smallest absolute Gasteiger partial charge is 0.231 e. The maximum atomic E-state index is 14.4. The fourth-order valence-electron chi connectivity index (χ4n) is 5.10. The topological polar surface area (TPSA) is 95.9 Å². The summed E-state index contributed by atoms with van der Waals surface area (Å²) < 4.78 is 34.1. The van der Waals surface area contributed by atoms with Gasteiger partial charge in [-0.1, -0.05) is 0 Å². The number of carbonyl (C=O) groups is 2. The number of aliphatic imine (C=N–C) groups is 1. The molecule has 2 N–H and O–H groups in total. The molecule has 2 unspecified atom stereocenters. The first-order valence-corrected chi connectivity index (χ1v) is 12.5. The summed E-state index contributed by atoms with van der Waals surface area (Å²) in [5.41, 5.74) is -0.220. The molecule has 5 rings (SSSR count). The minimum Gasteiger partial charge on any atom is -0.484 e. The molecular formula is C27H31F2N5O3. The number of halogens is 2. The fourth-order valence-corrected chi connectivity index (χ4v) is 5.10. The Balaban J connectivity index is 1.29. The van der Waals surface area contributed by atoms with Gasteiger partial charge in [0.1, 0.15) is 11.4 Å². The molecule has 1 aromatic carbocycles. The van der Waals surface area contributed by atoms with Crippen LogP contribution in [0, 0.1) is 23.5 Å². The van der Waals surface area contributed by atoms with E-state index < -0.39 is 28.8 Å². The minimum atomic E-state index is -0.786. The molecule has 1 saturated carbocycles. The second-order valence-electron chi connectivity index (χ2n) is 11.3. The first-order valence-electron chi connectivity index (χ1n) is 12.5. The number of fused-ring (bicyclic) bond motifs is 1. The number of guanidine groups is 1. The van der Waals surface area contributed by atoms with E-state index in [9.17, 15) is 18.4 Å². The van der Waals surface area contributed by atoms with Crippen LogP contribution in [-0.2, 0) is 9.59 Å². The number of ether oxygens (including phenoxy) is 1. The number of anilines is 1. The van der Waals surface area contributed by atoms with Gasteiger partial charge in [-0.05, 0) is 58.2 Å². The fraction of sp³-hybridized carbons (Fsp3) is 0.481. The zero-order valence-electron chi connectivity index (χ0n) is 21.3. The third kappa shape index (κ3) is 5.42. The molecule has 1 aliphatic carbocycles. The number of hydrogen-bond acceptors (Lipinski definition) is 6. The van der Waals surface area contributed by atoms with Crippen molar-refractivity contribution in [3.05, 3.63) is 53.9 Å². The van der Waals surface area contributed by atoms with Gasteiger partial charge < -0.3 is 15.4 Å². The maximum Gasteiger partial charge on any atom is 0.231 e. The lowest BCUT2D eigenvalue weighted by Gasteiger charge is -2.38. The number of nitrogens with zero attached hydrogens (tertiary/aromatic N) is 3. The van der Waals surface area contributed by atoms with E-state index in [1.54, 1.807) is 43.3 Å². The molecule has 3 aliphatic rings. The second kappa shape index (κ2) is 9.08. The van der Waals surface area contributed by atoms with Gasteiger partial charge in [0.2, 0.25) is 17.8 Å². The number of carbonyl (C=O) groups excluding carboxylic acids is 2. The van der Waals surface area contributed by atoms with Crippen LogP contribution in [0.1, 0.15) is 58.6 Å². The van der Waals surface area contributed by atoms with Crippen LogP contribution in [-0.4, -0.2) is 45.3 Å². The van der Waals surface area contributed by atoms with E-state index in [1.807, 2.05) is 13.8 Å². The Morgan fingerprint density at radius 3 is 2.65 bits per heavy atom. The molecule has 1 fully saturated rings. The van der Waals surface area contributed by atoms with Crippen LogP contribution in [0.3, 0.4) is 0 Å². The van der Waals surface area contributed by atoms with Crippen molar-refractivity contribution < 1.29 is 23.1 Å². The van der Waals surface area contributed by atoms with Gasteiger partial charge in [0, 0.05) is 48.6 Å². The highest BCUT2D eigenvalue weighted by Crippen LogP contribution is 2.44. The van der Waals surface area contributed by atoms with Crippen LogP contribution in [0.25, 0.3) is 0 Å². The van der Waals surface area contributed by atoms with Crippen LogP contribution in [0.5, 0.6) is 5.75 Å². The SMILES string of the molecule is CC1(C)CC(=O)N(C[C@H]2CC2C(=O)NC2CC(C)(C)Oc3c(F)cc(F)cc32)C(Nc2ccncc2)=N1. The van der Waals surface area contributed by atoms with E-state index in [1.165, 1.54) is 6.07 Å². The third-order valence-electron chi connectivity index (χ3n) is 6.97. The molecule has 0 bridgehead atoms. The Hall–Kier alpha value is -3.56. The summed E-state index contributed by atoms with van der Waals surface area (Å²) >= 11 is 0. The van der Waals surface area contributed by atoms with E-state index in [0.29, 0.717) is 30.9 Å². The lowest BCUT2D eigenvalue weighted by atomic mass is 9.89. The maximum absolute atomic E-state index is 14.4. The van der Waals surface area contributed by atoms with Gasteiger partial charge in [-0.15, -0.1) is 0 Å². The minimum absolute atomic E-state index is 0.0279. The summed E-state index contributed by atoms with van der Waals surface area (Å²) in [5.74, 6) is -1.70. The van der Waals surface area contributed by atoms with Gasteiger partial charge in [0.05, 0.1) is 18.0 Å². The zero-order chi connectivity index (χ0) is 26.5. The quantitative estimate of drug-likeness (QED) is 0.628. The number of benzene rings is 1. The van der Waals surface area contributed by atoms with Crippen LogP contribution >= 0.6 is 0 Å². The second-order valence-corrected chi connectivity index (χ2v) is 11.3. The van der Waals surface area contributed by atoms with Crippen molar-refractivity contribution in [2.24, 2.45) is 16.8 Å². The molecule has 1 aromatic heterocycles. The number of hydrogen-bond donors (Lipinski definition) is 2. The molecular weight excluding hydrogens is 480 g/mol. The van der Waals surface area contributed by atoms with Crippen molar-refractivity contribution in [2.75, 3.05) is 11.9 Å². The Labute approximate surface area is 214 Å². The van der Waals surface area contributed by atoms with Crippen molar-refractivity contribution in [1.82, 2.24) is 15.2 Å². The molecule has 0 spiro atoms. The van der Waals surface area contributed by atoms with Crippen LogP contribution < -0.4 is 15.4 Å². The molecule has 3 atom stereocenters. The van der Waals surface area contributed by atoms with Gasteiger partial charge in [-0.2, -0.15) is 0 Å². The van der Waals surface area contributed by atoms with Gasteiger partial charge >= 0.3 is 0 Å². The van der Waals surface area contributed by atoms with Gasteiger partial charge in [-0.3, -0.25) is 19.5 Å². The Morgan fingerprint density at radius 2 is 1.92 bits per heavy atom. The summed E-state index contributed by atoms with van der Waals surface area (Å²) in [6.45, 7) is 7.77. The average molecular weight is 512 g/mol. The van der Waals surface area contributed by atoms with E-state index >= 15 is 0 Å². The third-order valence-corrected chi connectivity index (χ3v) is 6.97. The van der Waals surface area contributed by atoms with Crippen molar-refractivity contribution in [3.8, 4) is 5.75 Å². The number of amides is 2. The standard InChI is InChI=1S/C27H31F2N5O3/c1-26(2)13-22(35)34(25(33-26)31-17-5-7-30-8-6-17)14-15-9-18(15)24(36)32-21-12-27(3,4)37-23-19(21)10-16(28)11-20(23)29/h5-8,10-11,15,18,21H,9,12-14H2,1-4H3,(H,32,36)(H,30,31,33)/t15-,18?,21?/m1/s1. The Bertz CT molecular complexity index is 1260. The molecule has 8 nitrogen and oxygen atoms in total. The molecule has 10 heteroatoms. The van der Waals surface area contributed by atoms with Gasteiger partial charge in [0.25, 0.3) is 0 Å². The van der Waals surface area contributed by atoms with E-state index in [-0.39, 0.29) is 35.8 Å². The van der Waals surface area contributed by atoms with Crippen molar-refractivity contribution >= 4 is 23.5 Å². The summed E-state index contributed by atoms with van der Waals surface area (Å²) in [6, 6.07) is 5.00. The molecule has 0 saturated heterocycles. The molecule has 0 radical (unpaired) electrons. The van der Waals surface area contributed by atoms with E-state index in [0.717, 1.165) is 11.8 Å². The molecule has 196 valence electrons. The number of pyridine rings is 1. The molecule has 2 aromatic rings. The highest BCUT2D eigenvalue weighted by Gasteiger charge is 2.48. The van der Waals surface area contributed by atoms with Crippen molar-refractivity contribution in [2.45, 2.75) is 64.1 Å². The summed E-state index contributed by atoms with van der Waals surface area (Å²) in [7, 11) is 0. The zero-order valence-corrected chi connectivity index (χ0v) is 21.3. The predicted molar refractivity (Wildman–Crippen MR) is 134 cm³/mol. The normalized spacial score (nSPS) is 25.5. The lowest BCUT2D eigenvalue weighted by molar-refractivity contribution is -0.130. The highest BCUT2D eigenvalue weighted by molar-refractivity contribution is 6.06. The van der Waals surface area contributed by atoms with Crippen LogP contribution in [0.15, 0.2) is 41.7 Å².